The van der Waals surface area contributed by atoms with Crippen molar-refractivity contribution in [2.24, 2.45) is 7.05 Å². The molecular formula is C14H22N2. The number of aryl methyl sites for hydroxylation is 3. The Morgan fingerprint density at radius 3 is 2.38 bits per heavy atom. The van der Waals surface area contributed by atoms with Crippen LogP contribution < -0.4 is 0 Å². The van der Waals surface area contributed by atoms with E-state index in [0.29, 0.717) is 5.92 Å². The van der Waals surface area contributed by atoms with E-state index in [1.54, 1.807) is 0 Å². The van der Waals surface area contributed by atoms with Crippen LogP contribution in [-0.2, 0) is 7.05 Å². The molecule has 0 saturated heterocycles. The molecule has 16 heavy (non-hydrogen) atoms. The van der Waals surface area contributed by atoms with Crippen molar-refractivity contribution in [1.29, 1.82) is 0 Å². The monoisotopic (exact) mass is 218 g/mol. The van der Waals surface area contributed by atoms with E-state index in [1.165, 1.54) is 22.2 Å². The van der Waals surface area contributed by atoms with Crippen LogP contribution in [0.15, 0.2) is 12.1 Å². The zero-order valence-electron chi connectivity index (χ0n) is 10.1. The first kappa shape index (κ1) is 12.8. The highest BCUT2D eigenvalue weighted by molar-refractivity contribution is 5.83. The summed E-state index contributed by atoms with van der Waals surface area (Å²) in [5.74, 6) is 0.566. The summed E-state index contributed by atoms with van der Waals surface area (Å²) < 4.78 is 1.95. The van der Waals surface area contributed by atoms with Gasteiger partial charge in [-0.15, -0.1) is 0 Å². The molecule has 0 aliphatic carbocycles. The minimum absolute atomic E-state index is 0. The van der Waals surface area contributed by atoms with E-state index in [2.05, 4.69) is 44.9 Å². The van der Waals surface area contributed by atoms with Crippen molar-refractivity contribution in [3.63, 3.8) is 0 Å². The summed E-state index contributed by atoms with van der Waals surface area (Å²) in [7, 11) is 2.00. The van der Waals surface area contributed by atoms with Crippen molar-refractivity contribution < 1.29 is 0 Å². The largest absolute Gasteiger partial charge is 0.272 e. The minimum Gasteiger partial charge on any atom is -0.272 e. The van der Waals surface area contributed by atoms with Gasteiger partial charge in [-0.1, -0.05) is 21.3 Å². The summed E-state index contributed by atoms with van der Waals surface area (Å²) in [4.78, 5) is 0. The Bertz CT molecular complexity index is 507. The molecule has 1 heterocycles. The lowest BCUT2D eigenvalue weighted by Gasteiger charge is -2.09. The van der Waals surface area contributed by atoms with Crippen LogP contribution >= 0.6 is 0 Å². The Labute approximate surface area is 98.3 Å². The molecule has 0 N–H and O–H groups in total. The maximum absolute atomic E-state index is 4.51. The molecule has 2 rings (SSSR count). The van der Waals surface area contributed by atoms with Gasteiger partial charge >= 0.3 is 0 Å². The Hall–Kier alpha value is -1.31. The fourth-order valence-electron chi connectivity index (χ4n) is 2.12. The third-order valence-corrected chi connectivity index (χ3v) is 3.14. The SMILES string of the molecule is C.Cc1cc2c(C)n(C)nc2cc1C(C)C. The summed E-state index contributed by atoms with van der Waals surface area (Å²) in [6.45, 7) is 8.75. The number of fused-ring (bicyclic) bond motifs is 1. The van der Waals surface area contributed by atoms with E-state index < -0.39 is 0 Å². The van der Waals surface area contributed by atoms with Gasteiger partial charge in [-0.25, -0.2) is 0 Å². The molecule has 0 bridgehead atoms. The van der Waals surface area contributed by atoms with E-state index in [9.17, 15) is 0 Å². The van der Waals surface area contributed by atoms with Gasteiger partial charge < -0.3 is 0 Å². The average Bonchev–Trinajstić information content (AvgIpc) is 2.43. The standard InChI is InChI=1S/C13H18N2.CH4/c1-8(2)11-7-13-12(6-9(11)3)10(4)15(5)14-13;/h6-8H,1-5H3;1H4. The van der Waals surface area contributed by atoms with Crippen molar-refractivity contribution in [3.05, 3.63) is 29.0 Å². The summed E-state index contributed by atoms with van der Waals surface area (Å²) in [5, 5.41) is 5.79. The molecule has 0 spiro atoms. The summed E-state index contributed by atoms with van der Waals surface area (Å²) >= 11 is 0. The van der Waals surface area contributed by atoms with E-state index in [4.69, 9.17) is 0 Å². The summed E-state index contributed by atoms with van der Waals surface area (Å²) in [5.41, 5.74) is 5.13. The summed E-state index contributed by atoms with van der Waals surface area (Å²) in [6, 6.07) is 4.48. The highest BCUT2D eigenvalue weighted by atomic mass is 15.3. The van der Waals surface area contributed by atoms with Gasteiger partial charge in [0.05, 0.1) is 5.52 Å². The first-order chi connectivity index (χ1) is 7.00. The van der Waals surface area contributed by atoms with Gasteiger partial charge in [0.15, 0.2) is 0 Å². The molecule has 0 amide bonds. The van der Waals surface area contributed by atoms with Gasteiger partial charge in [0.25, 0.3) is 0 Å². The molecule has 0 unspecified atom stereocenters. The molecule has 2 heteroatoms. The lowest BCUT2D eigenvalue weighted by atomic mass is 9.96. The van der Waals surface area contributed by atoms with Crippen LogP contribution in [0.25, 0.3) is 10.9 Å². The predicted octanol–water partition coefficient (Wildman–Crippen LogP) is 3.95. The fraction of sp³-hybridized carbons (Fsp3) is 0.500. The van der Waals surface area contributed by atoms with Crippen molar-refractivity contribution in [1.82, 2.24) is 9.78 Å². The fourth-order valence-corrected chi connectivity index (χ4v) is 2.12. The second-order valence-corrected chi connectivity index (χ2v) is 4.59. The number of benzene rings is 1. The van der Waals surface area contributed by atoms with E-state index in [1.807, 2.05) is 11.7 Å². The lowest BCUT2D eigenvalue weighted by molar-refractivity contribution is 0.750. The number of nitrogens with zero attached hydrogens (tertiary/aromatic N) is 2. The van der Waals surface area contributed by atoms with Gasteiger partial charge in [0, 0.05) is 18.1 Å². The van der Waals surface area contributed by atoms with Crippen molar-refractivity contribution in [2.45, 2.75) is 41.0 Å². The third kappa shape index (κ3) is 1.84. The van der Waals surface area contributed by atoms with Gasteiger partial charge in [0.2, 0.25) is 0 Å². The van der Waals surface area contributed by atoms with E-state index >= 15 is 0 Å². The van der Waals surface area contributed by atoms with Gasteiger partial charge in [-0.05, 0) is 43.0 Å². The molecule has 0 fully saturated rings. The molecule has 0 aliphatic heterocycles. The Kier molecular flexibility index (Phi) is 3.41. The van der Waals surface area contributed by atoms with Gasteiger partial charge in [-0.3, -0.25) is 4.68 Å². The molecule has 0 radical (unpaired) electrons. The van der Waals surface area contributed by atoms with Crippen LogP contribution in [0.2, 0.25) is 0 Å². The maximum atomic E-state index is 4.51. The minimum atomic E-state index is 0. The summed E-state index contributed by atoms with van der Waals surface area (Å²) in [6.07, 6.45) is 0. The predicted molar refractivity (Wildman–Crippen MR) is 71.0 cm³/mol. The molecular weight excluding hydrogens is 196 g/mol. The Balaban J connectivity index is 0.00000128. The Morgan fingerprint density at radius 1 is 1.19 bits per heavy atom. The first-order valence-electron chi connectivity index (χ1n) is 5.44. The normalized spacial score (nSPS) is 10.9. The zero-order valence-corrected chi connectivity index (χ0v) is 10.1. The van der Waals surface area contributed by atoms with Crippen molar-refractivity contribution in [2.75, 3.05) is 0 Å². The van der Waals surface area contributed by atoms with Crippen LogP contribution in [0.3, 0.4) is 0 Å². The Morgan fingerprint density at radius 2 is 1.81 bits per heavy atom. The van der Waals surface area contributed by atoms with E-state index in [0.717, 1.165) is 5.52 Å². The number of hydrogen-bond acceptors (Lipinski definition) is 1. The number of rotatable bonds is 1. The van der Waals surface area contributed by atoms with Gasteiger partial charge in [-0.2, -0.15) is 5.10 Å². The second-order valence-electron chi connectivity index (χ2n) is 4.59. The maximum Gasteiger partial charge on any atom is 0.0929 e. The van der Waals surface area contributed by atoms with Crippen LogP contribution in [0.4, 0.5) is 0 Å². The van der Waals surface area contributed by atoms with Crippen LogP contribution in [0.1, 0.15) is 44.0 Å². The highest BCUT2D eigenvalue weighted by Gasteiger charge is 2.10. The van der Waals surface area contributed by atoms with Crippen LogP contribution in [-0.4, -0.2) is 9.78 Å². The van der Waals surface area contributed by atoms with Crippen molar-refractivity contribution >= 4 is 10.9 Å². The molecule has 1 aromatic heterocycles. The molecule has 1 aromatic carbocycles. The third-order valence-electron chi connectivity index (χ3n) is 3.14. The van der Waals surface area contributed by atoms with E-state index in [-0.39, 0.29) is 7.43 Å². The van der Waals surface area contributed by atoms with Crippen LogP contribution in [0, 0.1) is 13.8 Å². The molecule has 2 nitrogen and oxygen atoms in total. The smallest absolute Gasteiger partial charge is 0.0929 e. The number of hydrogen-bond donors (Lipinski definition) is 0. The van der Waals surface area contributed by atoms with Crippen LogP contribution in [0.5, 0.6) is 0 Å². The van der Waals surface area contributed by atoms with Crippen molar-refractivity contribution in [3.8, 4) is 0 Å². The quantitative estimate of drug-likeness (QED) is 0.708. The average molecular weight is 218 g/mol. The molecule has 88 valence electrons. The topological polar surface area (TPSA) is 17.8 Å². The molecule has 2 aromatic rings. The highest BCUT2D eigenvalue weighted by Crippen LogP contribution is 2.26. The molecule has 0 atom stereocenters. The van der Waals surface area contributed by atoms with Gasteiger partial charge in [0.1, 0.15) is 0 Å². The molecule has 0 aliphatic rings. The zero-order chi connectivity index (χ0) is 11.2. The molecule has 0 saturated carbocycles. The second kappa shape index (κ2) is 4.28. The lowest BCUT2D eigenvalue weighted by Crippen LogP contribution is -1.91. The first-order valence-corrected chi connectivity index (χ1v) is 5.44. The number of aromatic nitrogens is 2.